The normalized spacial score (nSPS) is 17.9. The first-order valence-corrected chi connectivity index (χ1v) is 13.7. The van der Waals surface area contributed by atoms with Crippen LogP contribution in [0.25, 0.3) is 22.5 Å². The summed E-state index contributed by atoms with van der Waals surface area (Å²) in [6, 6.07) is 19.9. The average molecular weight is 528 g/mol. The SMILES string of the molecule is O=NC1CCc2cc(-c3cc(C4CCN(CCOc5ccc(Cl)cc5)CC4)oc3-c3ccncc3)ccc21. The van der Waals surface area contributed by atoms with Crippen LogP contribution >= 0.6 is 11.6 Å². The summed E-state index contributed by atoms with van der Waals surface area (Å²) in [6.07, 6.45) is 7.36. The predicted octanol–water partition coefficient (Wildman–Crippen LogP) is 7.67. The molecule has 0 spiro atoms. The standard InChI is InChI=1S/C31H30ClN3O3/c32-25-3-5-26(6-4-25)37-18-17-35-15-11-21(12-16-35)30-20-28(31(38-30)22-9-13-33-14-10-22)24-1-7-27-23(19-24)2-8-29(27)34-36/h1,3-7,9-10,13-14,19-21,29H,2,8,11-12,15-18H2. The van der Waals surface area contributed by atoms with E-state index in [2.05, 4.69) is 39.3 Å². The highest BCUT2D eigenvalue weighted by molar-refractivity contribution is 6.30. The zero-order valence-corrected chi connectivity index (χ0v) is 21.9. The minimum atomic E-state index is -0.222. The van der Waals surface area contributed by atoms with Crippen LogP contribution < -0.4 is 4.74 Å². The lowest BCUT2D eigenvalue weighted by Crippen LogP contribution is -2.35. The Morgan fingerprint density at radius 2 is 1.76 bits per heavy atom. The molecule has 1 aliphatic heterocycles. The number of piperidine rings is 1. The molecule has 38 heavy (non-hydrogen) atoms. The quantitative estimate of drug-likeness (QED) is 0.220. The van der Waals surface area contributed by atoms with Crippen molar-refractivity contribution in [1.29, 1.82) is 0 Å². The molecule has 7 heteroatoms. The van der Waals surface area contributed by atoms with E-state index in [1.807, 2.05) is 36.4 Å². The molecular formula is C31H30ClN3O3. The van der Waals surface area contributed by atoms with Gasteiger partial charge in [0.05, 0.1) is 0 Å². The van der Waals surface area contributed by atoms with Gasteiger partial charge in [0.15, 0.2) is 0 Å². The number of ether oxygens (including phenoxy) is 1. The lowest BCUT2D eigenvalue weighted by atomic mass is 9.92. The van der Waals surface area contributed by atoms with Gasteiger partial charge in [0, 0.05) is 41.0 Å². The molecule has 1 aliphatic carbocycles. The van der Waals surface area contributed by atoms with Gasteiger partial charge >= 0.3 is 0 Å². The third kappa shape index (κ3) is 5.24. The van der Waals surface area contributed by atoms with E-state index in [1.165, 1.54) is 5.56 Å². The maximum atomic E-state index is 11.2. The fourth-order valence-electron chi connectivity index (χ4n) is 5.68. The van der Waals surface area contributed by atoms with E-state index in [1.54, 1.807) is 12.4 Å². The number of furan rings is 1. The van der Waals surface area contributed by atoms with Crippen LogP contribution in [-0.2, 0) is 6.42 Å². The van der Waals surface area contributed by atoms with Gasteiger partial charge in [-0.1, -0.05) is 35.0 Å². The largest absolute Gasteiger partial charge is 0.492 e. The number of benzene rings is 2. The molecule has 2 aromatic heterocycles. The van der Waals surface area contributed by atoms with E-state index in [9.17, 15) is 4.91 Å². The van der Waals surface area contributed by atoms with Crippen molar-refractivity contribution in [1.82, 2.24) is 9.88 Å². The van der Waals surface area contributed by atoms with E-state index in [4.69, 9.17) is 20.8 Å². The number of nitrogens with zero attached hydrogens (tertiary/aromatic N) is 3. The molecule has 194 valence electrons. The van der Waals surface area contributed by atoms with Gasteiger partial charge in [0.1, 0.15) is 29.9 Å². The highest BCUT2D eigenvalue weighted by Gasteiger charge is 2.27. The Kier molecular flexibility index (Phi) is 7.25. The van der Waals surface area contributed by atoms with Crippen LogP contribution in [0.1, 0.15) is 48.1 Å². The summed E-state index contributed by atoms with van der Waals surface area (Å²) in [4.78, 5) is 17.9. The van der Waals surface area contributed by atoms with Crippen molar-refractivity contribution in [3.05, 3.63) is 99.9 Å². The Labute approximate surface area is 227 Å². The lowest BCUT2D eigenvalue weighted by molar-refractivity contribution is 0.168. The number of nitroso groups, excluding NO2 is 1. The zero-order valence-electron chi connectivity index (χ0n) is 21.2. The maximum absolute atomic E-state index is 11.2. The summed E-state index contributed by atoms with van der Waals surface area (Å²) in [5, 5.41) is 4.03. The van der Waals surface area contributed by atoms with Crippen LogP contribution in [0.4, 0.5) is 0 Å². The van der Waals surface area contributed by atoms with Gasteiger partial charge in [0.2, 0.25) is 0 Å². The Morgan fingerprint density at radius 3 is 2.53 bits per heavy atom. The summed E-state index contributed by atoms with van der Waals surface area (Å²) in [6.45, 7) is 3.57. The van der Waals surface area contributed by atoms with Gasteiger partial charge in [-0.15, -0.1) is 0 Å². The first-order valence-electron chi connectivity index (χ1n) is 13.3. The first kappa shape index (κ1) is 24.8. The third-order valence-electron chi connectivity index (χ3n) is 7.80. The Bertz CT molecular complexity index is 1400. The molecule has 6 rings (SSSR count). The molecule has 0 amide bonds. The fraction of sp³-hybridized carbons (Fsp3) is 0.323. The van der Waals surface area contributed by atoms with Crippen LogP contribution in [-0.4, -0.2) is 36.1 Å². The highest BCUT2D eigenvalue weighted by Crippen LogP contribution is 2.42. The number of aryl methyl sites for hydroxylation is 1. The number of aromatic nitrogens is 1. The molecule has 0 saturated carbocycles. The van der Waals surface area contributed by atoms with Crippen molar-refractivity contribution in [2.24, 2.45) is 5.18 Å². The van der Waals surface area contributed by atoms with Crippen molar-refractivity contribution in [2.45, 2.75) is 37.6 Å². The Hall–Kier alpha value is -3.48. The number of hydrogen-bond donors (Lipinski definition) is 0. The van der Waals surface area contributed by atoms with Gasteiger partial charge in [-0.25, -0.2) is 0 Å². The minimum Gasteiger partial charge on any atom is -0.492 e. The summed E-state index contributed by atoms with van der Waals surface area (Å²) in [7, 11) is 0. The average Bonchev–Trinajstić information content (AvgIpc) is 3.59. The van der Waals surface area contributed by atoms with E-state index >= 15 is 0 Å². The third-order valence-corrected chi connectivity index (χ3v) is 8.05. The molecule has 0 bridgehead atoms. The van der Waals surface area contributed by atoms with Crippen molar-refractivity contribution >= 4 is 11.6 Å². The molecule has 3 heterocycles. The number of halogens is 1. The van der Waals surface area contributed by atoms with Crippen LogP contribution in [0.5, 0.6) is 5.75 Å². The van der Waals surface area contributed by atoms with E-state index in [0.717, 1.165) is 84.8 Å². The zero-order chi connectivity index (χ0) is 25.9. The lowest BCUT2D eigenvalue weighted by Gasteiger charge is -2.30. The summed E-state index contributed by atoms with van der Waals surface area (Å²) in [5.74, 6) is 3.14. The molecule has 2 aliphatic rings. The second-order valence-corrected chi connectivity index (χ2v) is 10.6. The number of pyridine rings is 1. The Morgan fingerprint density at radius 1 is 0.974 bits per heavy atom. The molecule has 2 aromatic carbocycles. The summed E-state index contributed by atoms with van der Waals surface area (Å²) >= 11 is 5.96. The highest BCUT2D eigenvalue weighted by atomic mass is 35.5. The monoisotopic (exact) mass is 527 g/mol. The summed E-state index contributed by atoms with van der Waals surface area (Å²) < 4.78 is 12.5. The van der Waals surface area contributed by atoms with E-state index in [-0.39, 0.29) is 6.04 Å². The number of likely N-dealkylation sites (tertiary alicyclic amines) is 1. The fourth-order valence-corrected chi connectivity index (χ4v) is 5.81. The molecule has 1 fully saturated rings. The van der Waals surface area contributed by atoms with E-state index in [0.29, 0.717) is 17.5 Å². The molecule has 4 aromatic rings. The van der Waals surface area contributed by atoms with Crippen LogP contribution in [0.3, 0.4) is 0 Å². The molecule has 0 radical (unpaired) electrons. The molecule has 0 N–H and O–H groups in total. The van der Waals surface area contributed by atoms with Gasteiger partial charge in [-0.05, 0) is 97.9 Å². The molecule has 1 unspecified atom stereocenters. The van der Waals surface area contributed by atoms with Gasteiger partial charge in [-0.3, -0.25) is 9.88 Å². The van der Waals surface area contributed by atoms with Crippen LogP contribution in [0.2, 0.25) is 5.02 Å². The topological polar surface area (TPSA) is 67.9 Å². The smallest absolute Gasteiger partial charge is 0.142 e. The number of rotatable bonds is 8. The Balaban J connectivity index is 1.17. The van der Waals surface area contributed by atoms with Gasteiger partial charge < -0.3 is 9.15 Å². The van der Waals surface area contributed by atoms with Crippen molar-refractivity contribution in [3.63, 3.8) is 0 Å². The van der Waals surface area contributed by atoms with Crippen molar-refractivity contribution in [3.8, 4) is 28.2 Å². The predicted molar refractivity (Wildman–Crippen MR) is 150 cm³/mol. The first-order chi connectivity index (χ1) is 18.7. The van der Waals surface area contributed by atoms with Crippen LogP contribution in [0.15, 0.2) is 82.7 Å². The van der Waals surface area contributed by atoms with Crippen LogP contribution in [0, 0.1) is 4.91 Å². The maximum Gasteiger partial charge on any atom is 0.142 e. The molecule has 6 nitrogen and oxygen atoms in total. The number of hydrogen-bond acceptors (Lipinski definition) is 6. The molecule has 1 saturated heterocycles. The minimum absolute atomic E-state index is 0.222. The molecular weight excluding hydrogens is 498 g/mol. The second-order valence-electron chi connectivity index (χ2n) is 10.1. The van der Waals surface area contributed by atoms with Gasteiger partial charge in [0.25, 0.3) is 0 Å². The van der Waals surface area contributed by atoms with E-state index < -0.39 is 0 Å². The van der Waals surface area contributed by atoms with Gasteiger partial charge in [-0.2, -0.15) is 4.91 Å². The second kappa shape index (κ2) is 11.1. The van der Waals surface area contributed by atoms with Crippen molar-refractivity contribution < 1.29 is 9.15 Å². The summed E-state index contributed by atoms with van der Waals surface area (Å²) in [5.41, 5.74) is 5.50. The molecule has 1 atom stereocenters. The van der Waals surface area contributed by atoms with Crippen molar-refractivity contribution in [2.75, 3.05) is 26.2 Å². The number of fused-ring (bicyclic) bond motifs is 1.